The number of rotatable bonds is 4. The van der Waals surface area contributed by atoms with Crippen LogP contribution in [0, 0.1) is 5.92 Å². The van der Waals surface area contributed by atoms with Gasteiger partial charge in [0, 0.05) is 24.4 Å². The zero-order valence-corrected chi connectivity index (χ0v) is 12.3. The second-order valence-electron chi connectivity index (χ2n) is 5.97. The molecule has 1 saturated heterocycles. The Morgan fingerprint density at radius 1 is 1.47 bits per heavy atom. The van der Waals surface area contributed by atoms with Crippen LogP contribution < -0.4 is 10.5 Å². The summed E-state index contributed by atoms with van der Waals surface area (Å²) < 4.78 is 22.0. The third-order valence-electron chi connectivity index (χ3n) is 2.61. The molecule has 8 heteroatoms. The fourth-order valence-electron chi connectivity index (χ4n) is 2.08. The van der Waals surface area contributed by atoms with Gasteiger partial charge in [-0.2, -0.15) is 0 Å². The van der Waals surface area contributed by atoms with E-state index in [0.29, 0.717) is 0 Å². The van der Waals surface area contributed by atoms with Gasteiger partial charge in [0.2, 0.25) is 21.8 Å². The third-order valence-corrected chi connectivity index (χ3v) is 3.55. The Hall–Kier alpha value is -1.15. The summed E-state index contributed by atoms with van der Waals surface area (Å²) in [5.41, 5.74) is -0.361. The number of carbonyl (C=O) groups excluding carboxylic acids is 2. The lowest BCUT2D eigenvalue weighted by atomic mass is 10.1. The summed E-state index contributed by atoms with van der Waals surface area (Å²) in [6, 6.07) is 0. The van der Waals surface area contributed by atoms with Crippen LogP contribution in [0.3, 0.4) is 0 Å². The molecule has 1 aliphatic heterocycles. The average molecular weight is 291 g/mol. The van der Waals surface area contributed by atoms with Crippen LogP contribution in [0.2, 0.25) is 0 Å². The fraction of sp³-hybridized carbons (Fsp3) is 0.818. The minimum Gasteiger partial charge on any atom is -0.350 e. The van der Waals surface area contributed by atoms with Crippen molar-refractivity contribution in [3.63, 3.8) is 0 Å². The standard InChI is InChI=1S/C11H21N3O4S/c1-11(2,3)13-9(15)6-14-5-8(4-10(14)16)7-19(12,17)18/h8H,4-7H2,1-3H3,(H,13,15)(H2,12,17,18). The Balaban J connectivity index is 2.53. The van der Waals surface area contributed by atoms with E-state index in [1.807, 2.05) is 20.8 Å². The summed E-state index contributed by atoms with van der Waals surface area (Å²) >= 11 is 0. The Kier molecular flexibility index (Phi) is 4.57. The molecule has 0 aromatic carbocycles. The molecular formula is C11H21N3O4S. The monoisotopic (exact) mass is 291 g/mol. The van der Waals surface area contributed by atoms with Crippen LogP contribution in [-0.2, 0) is 19.6 Å². The average Bonchev–Trinajstić information content (AvgIpc) is 2.39. The molecular weight excluding hydrogens is 270 g/mol. The minimum absolute atomic E-state index is 0.0444. The van der Waals surface area contributed by atoms with Crippen LogP contribution in [0.25, 0.3) is 0 Å². The number of primary sulfonamides is 1. The first-order chi connectivity index (χ1) is 8.46. The molecule has 0 aromatic heterocycles. The Bertz CT molecular complexity index is 467. The maximum Gasteiger partial charge on any atom is 0.240 e. The number of likely N-dealkylation sites (tertiary alicyclic amines) is 1. The lowest BCUT2D eigenvalue weighted by molar-refractivity contribution is -0.133. The zero-order valence-electron chi connectivity index (χ0n) is 11.5. The molecule has 1 heterocycles. The molecule has 1 atom stereocenters. The molecule has 0 spiro atoms. The summed E-state index contributed by atoms with van der Waals surface area (Å²) in [4.78, 5) is 24.8. The van der Waals surface area contributed by atoms with Gasteiger partial charge in [-0.1, -0.05) is 0 Å². The van der Waals surface area contributed by atoms with Crippen LogP contribution in [0.4, 0.5) is 0 Å². The van der Waals surface area contributed by atoms with Crippen molar-refractivity contribution in [2.75, 3.05) is 18.8 Å². The van der Waals surface area contributed by atoms with E-state index in [2.05, 4.69) is 5.32 Å². The number of hydrogen-bond donors (Lipinski definition) is 2. The number of nitrogens with zero attached hydrogens (tertiary/aromatic N) is 1. The molecule has 1 rings (SSSR count). The van der Waals surface area contributed by atoms with Gasteiger partial charge >= 0.3 is 0 Å². The quantitative estimate of drug-likeness (QED) is 0.695. The first kappa shape index (κ1) is 15.9. The Labute approximate surface area is 113 Å². The zero-order chi connectivity index (χ0) is 14.8. The highest BCUT2D eigenvalue weighted by molar-refractivity contribution is 7.89. The van der Waals surface area contributed by atoms with Crippen LogP contribution >= 0.6 is 0 Å². The maximum atomic E-state index is 11.7. The van der Waals surface area contributed by atoms with Gasteiger partial charge in [0.25, 0.3) is 0 Å². The van der Waals surface area contributed by atoms with Gasteiger partial charge in [0.05, 0.1) is 12.3 Å². The molecule has 1 fully saturated rings. The summed E-state index contributed by atoms with van der Waals surface area (Å²) in [7, 11) is -3.59. The molecule has 2 amide bonds. The van der Waals surface area contributed by atoms with E-state index >= 15 is 0 Å². The van der Waals surface area contributed by atoms with E-state index in [9.17, 15) is 18.0 Å². The summed E-state index contributed by atoms with van der Waals surface area (Å²) in [6.45, 7) is 5.76. The molecule has 7 nitrogen and oxygen atoms in total. The Morgan fingerprint density at radius 3 is 2.53 bits per heavy atom. The maximum absolute atomic E-state index is 11.7. The molecule has 0 radical (unpaired) electrons. The number of amides is 2. The van der Waals surface area contributed by atoms with Crippen LogP contribution in [0.1, 0.15) is 27.2 Å². The molecule has 19 heavy (non-hydrogen) atoms. The highest BCUT2D eigenvalue weighted by Gasteiger charge is 2.33. The van der Waals surface area contributed by atoms with Crippen molar-refractivity contribution in [3.05, 3.63) is 0 Å². The highest BCUT2D eigenvalue weighted by Crippen LogP contribution is 2.18. The second-order valence-corrected chi connectivity index (χ2v) is 7.63. The molecule has 0 saturated carbocycles. The third kappa shape index (κ3) is 6.02. The molecule has 3 N–H and O–H groups in total. The van der Waals surface area contributed by atoms with E-state index in [0.717, 1.165) is 0 Å². The van der Waals surface area contributed by atoms with Gasteiger partial charge in [-0.25, -0.2) is 13.6 Å². The number of carbonyl (C=O) groups is 2. The van der Waals surface area contributed by atoms with Gasteiger partial charge in [0.1, 0.15) is 0 Å². The fourth-order valence-corrected chi connectivity index (χ4v) is 2.96. The van der Waals surface area contributed by atoms with Crippen LogP contribution in [-0.4, -0.2) is 49.5 Å². The predicted octanol–water partition coefficient (Wildman–Crippen LogP) is -0.962. The Morgan fingerprint density at radius 2 is 2.05 bits per heavy atom. The number of hydrogen-bond acceptors (Lipinski definition) is 4. The second kappa shape index (κ2) is 5.46. The van der Waals surface area contributed by atoms with Gasteiger partial charge < -0.3 is 10.2 Å². The SMILES string of the molecule is CC(C)(C)NC(=O)CN1CC(CS(N)(=O)=O)CC1=O. The summed E-state index contributed by atoms with van der Waals surface area (Å²) in [6.07, 6.45) is 0.124. The summed E-state index contributed by atoms with van der Waals surface area (Å²) in [5, 5.41) is 7.71. The van der Waals surface area contributed by atoms with Crippen molar-refractivity contribution >= 4 is 21.8 Å². The van der Waals surface area contributed by atoms with Crippen LogP contribution in [0.15, 0.2) is 0 Å². The number of nitrogens with one attached hydrogen (secondary N) is 1. The predicted molar refractivity (Wildman–Crippen MR) is 70.6 cm³/mol. The lowest BCUT2D eigenvalue weighted by Crippen LogP contribution is -2.46. The lowest BCUT2D eigenvalue weighted by Gasteiger charge is -2.23. The van der Waals surface area contributed by atoms with Crippen molar-refractivity contribution in [3.8, 4) is 0 Å². The smallest absolute Gasteiger partial charge is 0.240 e. The van der Waals surface area contributed by atoms with E-state index in [4.69, 9.17) is 5.14 Å². The first-order valence-corrected chi connectivity index (χ1v) is 7.77. The minimum atomic E-state index is -3.59. The molecule has 1 aliphatic rings. The van der Waals surface area contributed by atoms with Crippen molar-refractivity contribution in [2.45, 2.75) is 32.7 Å². The molecule has 1 unspecified atom stereocenters. The topological polar surface area (TPSA) is 110 Å². The summed E-state index contributed by atoms with van der Waals surface area (Å²) in [5.74, 6) is -1.02. The van der Waals surface area contributed by atoms with Gasteiger partial charge in [-0.05, 0) is 20.8 Å². The van der Waals surface area contributed by atoms with Crippen LogP contribution in [0.5, 0.6) is 0 Å². The highest BCUT2D eigenvalue weighted by atomic mass is 32.2. The largest absolute Gasteiger partial charge is 0.350 e. The van der Waals surface area contributed by atoms with E-state index in [1.54, 1.807) is 0 Å². The molecule has 0 bridgehead atoms. The van der Waals surface area contributed by atoms with Crippen molar-refractivity contribution in [1.82, 2.24) is 10.2 Å². The number of sulfonamides is 1. The van der Waals surface area contributed by atoms with Gasteiger partial charge in [-0.15, -0.1) is 0 Å². The molecule has 110 valence electrons. The first-order valence-electron chi connectivity index (χ1n) is 6.05. The van der Waals surface area contributed by atoms with Gasteiger partial charge in [0.15, 0.2) is 0 Å². The number of nitrogens with two attached hydrogens (primary N) is 1. The van der Waals surface area contributed by atoms with Gasteiger partial charge in [-0.3, -0.25) is 9.59 Å². The van der Waals surface area contributed by atoms with E-state index < -0.39 is 10.0 Å². The molecule has 0 aliphatic carbocycles. The molecule has 0 aromatic rings. The normalized spacial score (nSPS) is 20.7. The van der Waals surface area contributed by atoms with E-state index in [-0.39, 0.29) is 48.5 Å². The van der Waals surface area contributed by atoms with Crippen molar-refractivity contribution < 1.29 is 18.0 Å². The van der Waals surface area contributed by atoms with Crippen molar-refractivity contribution in [1.29, 1.82) is 0 Å². The van der Waals surface area contributed by atoms with E-state index in [1.165, 1.54) is 4.90 Å². The van der Waals surface area contributed by atoms with Crippen molar-refractivity contribution in [2.24, 2.45) is 11.1 Å².